The average molecular weight is 267 g/mol. The maximum atomic E-state index is 5.67. The van der Waals surface area contributed by atoms with Gasteiger partial charge in [0.1, 0.15) is 6.61 Å². The minimum Gasteiger partial charge on any atom is -0.373 e. The molecule has 1 unspecified atom stereocenters. The lowest BCUT2D eigenvalue weighted by Crippen LogP contribution is -2.26. The van der Waals surface area contributed by atoms with Crippen LogP contribution in [0.5, 0.6) is 0 Å². The van der Waals surface area contributed by atoms with Crippen LogP contribution in [0.4, 0.5) is 0 Å². The first kappa shape index (κ1) is 14.5. The van der Waals surface area contributed by atoms with Crippen LogP contribution in [-0.4, -0.2) is 42.8 Å². The summed E-state index contributed by atoms with van der Waals surface area (Å²) in [7, 11) is 2.20. The fraction of sp³-hybridized carbons (Fsp3) is 0.786. The Balaban J connectivity index is 1.61. The number of rotatable bonds is 8. The van der Waals surface area contributed by atoms with Gasteiger partial charge >= 0.3 is 0 Å². The predicted octanol–water partition coefficient (Wildman–Crippen LogP) is 1.78. The van der Waals surface area contributed by atoms with Gasteiger partial charge in [0, 0.05) is 25.3 Å². The van der Waals surface area contributed by atoms with E-state index in [0.29, 0.717) is 12.6 Å². The minimum atomic E-state index is 0.523. The van der Waals surface area contributed by atoms with E-state index in [9.17, 15) is 0 Å². The molecule has 0 spiro atoms. The van der Waals surface area contributed by atoms with Crippen LogP contribution in [0.15, 0.2) is 10.6 Å². The van der Waals surface area contributed by atoms with Crippen molar-refractivity contribution in [1.82, 2.24) is 15.4 Å². The summed E-state index contributed by atoms with van der Waals surface area (Å²) in [5.74, 6) is 0.813. The molecule has 1 aliphatic heterocycles. The molecular formula is C14H25N3O2. The summed E-state index contributed by atoms with van der Waals surface area (Å²) in [4.78, 5) is 2.42. The topological polar surface area (TPSA) is 50.5 Å². The van der Waals surface area contributed by atoms with Crippen molar-refractivity contribution in [3.8, 4) is 0 Å². The molecule has 0 radical (unpaired) electrons. The van der Waals surface area contributed by atoms with Gasteiger partial charge in [0.05, 0.1) is 5.69 Å². The second-order valence-electron chi connectivity index (χ2n) is 5.18. The Morgan fingerprint density at radius 2 is 2.47 bits per heavy atom. The van der Waals surface area contributed by atoms with E-state index in [1.807, 2.05) is 6.07 Å². The molecule has 1 fully saturated rings. The summed E-state index contributed by atoms with van der Waals surface area (Å²) in [6.45, 7) is 6.30. The maximum absolute atomic E-state index is 5.67. The minimum absolute atomic E-state index is 0.523. The molecule has 108 valence electrons. The fourth-order valence-electron chi connectivity index (χ4n) is 2.50. The van der Waals surface area contributed by atoms with E-state index in [1.165, 1.54) is 19.4 Å². The number of nitrogens with zero attached hydrogens (tertiary/aromatic N) is 2. The zero-order valence-electron chi connectivity index (χ0n) is 12.0. The quantitative estimate of drug-likeness (QED) is 0.728. The predicted molar refractivity (Wildman–Crippen MR) is 73.8 cm³/mol. The summed E-state index contributed by atoms with van der Waals surface area (Å²) in [5.41, 5.74) is 0.941. The number of likely N-dealkylation sites (tertiary alicyclic amines) is 1. The Morgan fingerprint density at radius 3 is 3.21 bits per heavy atom. The van der Waals surface area contributed by atoms with Gasteiger partial charge in [0.15, 0.2) is 5.76 Å². The van der Waals surface area contributed by atoms with Gasteiger partial charge in [-0.25, -0.2) is 0 Å². The van der Waals surface area contributed by atoms with E-state index in [0.717, 1.165) is 37.6 Å². The largest absolute Gasteiger partial charge is 0.373 e. The number of ether oxygens (including phenoxy) is 1. The van der Waals surface area contributed by atoms with Crippen LogP contribution in [0.3, 0.4) is 0 Å². The number of hydrogen-bond acceptors (Lipinski definition) is 5. The van der Waals surface area contributed by atoms with Crippen molar-refractivity contribution in [2.45, 2.75) is 45.4 Å². The highest BCUT2D eigenvalue weighted by atomic mass is 16.5. The van der Waals surface area contributed by atoms with Crippen LogP contribution < -0.4 is 5.32 Å². The van der Waals surface area contributed by atoms with Crippen LogP contribution in [0.25, 0.3) is 0 Å². The third kappa shape index (κ3) is 4.60. The van der Waals surface area contributed by atoms with Gasteiger partial charge in [-0.3, -0.25) is 0 Å². The number of nitrogens with one attached hydrogen (secondary N) is 1. The molecule has 0 aliphatic carbocycles. The normalized spacial score (nSPS) is 20.2. The van der Waals surface area contributed by atoms with Gasteiger partial charge in [0.2, 0.25) is 0 Å². The van der Waals surface area contributed by atoms with Crippen molar-refractivity contribution >= 4 is 0 Å². The molecule has 5 heteroatoms. The number of hydrogen-bond donors (Lipinski definition) is 1. The molecule has 2 heterocycles. The number of aromatic nitrogens is 1. The van der Waals surface area contributed by atoms with Crippen molar-refractivity contribution in [2.24, 2.45) is 0 Å². The smallest absolute Gasteiger partial charge is 0.162 e. The van der Waals surface area contributed by atoms with Crippen LogP contribution >= 0.6 is 0 Å². The molecule has 0 bridgehead atoms. The molecule has 0 amide bonds. The second-order valence-corrected chi connectivity index (χ2v) is 5.18. The van der Waals surface area contributed by atoms with E-state index < -0.39 is 0 Å². The molecule has 1 aromatic heterocycles. The van der Waals surface area contributed by atoms with Crippen molar-refractivity contribution in [3.63, 3.8) is 0 Å². The van der Waals surface area contributed by atoms with Gasteiger partial charge in [-0.2, -0.15) is 0 Å². The van der Waals surface area contributed by atoms with E-state index in [1.54, 1.807) is 0 Å². The second kappa shape index (κ2) is 7.62. The fourth-order valence-corrected chi connectivity index (χ4v) is 2.50. The first-order valence-corrected chi connectivity index (χ1v) is 7.22. The Labute approximate surface area is 115 Å². The molecule has 1 N–H and O–H groups in total. The van der Waals surface area contributed by atoms with Gasteiger partial charge < -0.3 is 19.5 Å². The van der Waals surface area contributed by atoms with Gasteiger partial charge in [-0.05, 0) is 39.4 Å². The highest BCUT2D eigenvalue weighted by Gasteiger charge is 2.20. The molecule has 1 atom stereocenters. The summed E-state index contributed by atoms with van der Waals surface area (Å²) in [6, 6.07) is 2.66. The van der Waals surface area contributed by atoms with E-state index in [4.69, 9.17) is 9.26 Å². The van der Waals surface area contributed by atoms with Crippen molar-refractivity contribution in [3.05, 3.63) is 17.5 Å². The first-order valence-electron chi connectivity index (χ1n) is 7.22. The molecule has 2 rings (SSSR count). The third-order valence-corrected chi connectivity index (χ3v) is 3.68. The van der Waals surface area contributed by atoms with Crippen LogP contribution in [-0.2, 0) is 17.9 Å². The van der Waals surface area contributed by atoms with Crippen LogP contribution in [0.2, 0.25) is 0 Å². The van der Waals surface area contributed by atoms with Crippen molar-refractivity contribution in [1.29, 1.82) is 0 Å². The van der Waals surface area contributed by atoms with Gasteiger partial charge in [0.25, 0.3) is 0 Å². The molecule has 1 saturated heterocycles. The van der Waals surface area contributed by atoms with Gasteiger partial charge in [-0.15, -0.1) is 0 Å². The Morgan fingerprint density at radius 1 is 1.58 bits per heavy atom. The summed E-state index contributed by atoms with van der Waals surface area (Å²) >= 11 is 0. The standard InChI is InChI=1S/C14H25N3O2/c1-3-15-10-12-9-14(19-16-12)11-18-8-6-13-5-4-7-17(13)2/h9,13,15H,3-8,10-11H2,1-2H3. The molecule has 5 nitrogen and oxygen atoms in total. The van der Waals surface area contributed by atoms with Gasteiger partial charge in [-0.1, -0.05) is 12.1 Å². The summed E-state index contributed by atoms with van der Waals surface area (Å²) in [5, 5.41) is 7.21. The highest BCUT2D eigenvalue weighted by molar-refractivity contribution is 5.04. The maximum Gasteiger partial charge on any atom is 0.162 e. The van der Waals surface area contributed by atoms with E-state index in [2.05, 4.69) is 29.3 Å². The first-order chi connectivity index (χ1) is 9.29. The molecule has 19 heavy (non-hydrogen) atoms. The third-order valence-electron chi connectivity index (χ3n) is 3.68. The summed E-state index contributed by atoms with van der Waals surface area (Å²) in [6.07, 6.45) is 3.72. The Bertz CT molecular complexity index is 367. The molecule has 0 saturated carbocycles. The molecule has 1 aliphatic rings. The lowest BCUT2D eigenvalue weighted by Gasteiger charge is -2.18. The molecule has 0 aromatic carbocycles. The zero-order valence-corrected chi connectivity index (χ0v) is 12.0. The SMILES string of the molecule is CCNCc1cc(COCCC2CCCN2C)on1. The monoisotopic (exact) mass is 267 g/mol. The van der Waals surface area contributed by atoms with E-state index in [-0.39, 0.29) is 0 Å². The Hall–Kier alpha value is -0.910. The van der Waals surface area contributed by atoms with Crippen LogP contribution in [0.1, 0.15) is 37.6 Å². The molecule has 1 aromatic rings. The lowest BCUT2D eigenvalue weighted by molar-refractivity contribution is 0.0854. The Kier molecular flexibility index (Phi) is 5.82. The lowest BCUT2D eigenvalue weighted by atomic mass is 10.1. The highest BCUT2D eigenvalue weighted by Crippen LogP contribution is 2.17. The van der Waals surface area contributed by atoms with E-state index >= 15 is 0 Å². The molecular weight excluding hydrogens is 242 g/mol. The van der Waals surface area contributed by atoms with Crippen LogP contribution in [0, 0.1) is 0 Å². The van der Waals surface area contributed by atoms with Crippen molar-refractivity contribution in [2.75, 3.05) is 26.7 Å². The summed E-state index contributed by atoms with van der Waals surface area (Å²) < 4.78 is 10.9. The van der Waals surface area contributed by atoms with Crippen molar-refractivity contribution < 1.29 is 9.26 Å². The average Bonchev–Trinajstić information content (AvgIpc) is 3.02. The zero-order chi connectivity index (χ0) is 13.5.